The van der Waals surface area contributed by atoms with Crippen molar-refractivity contribution in [1.82, 2.24) is 0 Å². The third-order valence-corrected chi connectivity index (χ3v) is 3.42. The summed E-state index contributed by atoms with van der Waals surface area (Å²) >= 11 is 0. The summed E-state index contributed by atoms with van der Waals surface area (Å²) in [7, 11) is 5.72. The molecule has 1 aromatic carbocycles. The van der Waals surface area contributed by atoms with Crippen molar-refractivity contribution in [3.8, 4) is 0 Å². The van der Waals surface area contributed by atoms with Crippen LogP contribution in [0.1, 0.15) is 25.3 Å². The molecule has 90 valence electrons. The van der Waals surface area contributed by atoms with Gasteiger partial charge in [-0.3, -0.25) is 0 Å². The van der Waals surface area contributed by atoms with Gasteiger partial charge in [0.2, 0.25) is 0 Å². The van der Waals surface area contributed by atoms with Crippen LogP contribution >= 0.6 is 0 Å². The summed E-state index contributed by atoms with van der Waals surface area (Å²) in [6.45, 7) is 7.41. The van der Waals surface area contributed by atoms with Crippen molar-refractivity contribution in [2.24, 2.45) is 11.5 Å². The molecular formula is C14H21BN2. The summed E-state index contributed by atoms with van der Waals surface area (Å²) in [5.74, 6) is 0. The number of nitrogens with two attached hydrogens (primary N) is 2. The molecule has 17 heavy (non-hydrogen) atoms. The molecule has 0 saturated carbocycles. The molecule has 2 nitrogen and oxygen atoms in total. The van der Waals surface area contributed by atoms with Crippen molar-refractivity contribution in [2.45, 2.75) is 25.2 Å². The molecule has 0 unspecified atom stereocenters. The third-order valence-electron chi connectivity index (χ3n) is 3.42. The molecule has 0 saturated heterocycles. The van der Waals surface area contributed by atoms with Crippen LogP contribution in [0.4, 0.5) is 0 Å². The van der Waals surface area contributed by atoms with Crippen molar-refractivity contribution in [3.63, 3.8) is 0 Å². The van der Waals surface area contributed by atoms with Crippen LogP contribution in [0.25, 0.3) is 0 Å². The van der Waals surface area contributed by atoms with E-state index in [1.165, 1.54) is 5.56 Å². The normalized spacial score (nSPS) is 11.5. The van der Waals surface area contributed by atoms with Gasteiger partial charge in [-0.25, -0.2) is 0 Å². The molecule has 0 aliphatic heterocycles. The fraction of sp³-hybridized carbons (Fsp3) is 0.429. The molecule has 1 rings (SSSR count). The van der Waals surface area contributed by atoms with Crippen LogP contribution in [-0.2, 0) is 5.41 Å². The highest BCUT2D eigenvalue weighted by Gasteiger charge is 2.31. The first kappa shape index (κ1) is 14.0. The second-order valence-electron chi connectivity index (χ2n) is 4.56. The minimum atomic E-state index is -0.114. The second kappa shape index (κ2) is 6.03. The van der Waals surface area contributed by atoms with Crippen molar-refractivity contribution < 1.29 is 0 Å². The number of hydrogen-bond donors (Lipinski definition) is 2. The van der Waals surface area contributed by atoms with E-state index in [2.05, 4.69) is 18.7 Å². The Hall–Kier alpha value is -1.06. The van der Waals surface area contributed by atoms with E-state index >= 15 is 0 Å². The Morgan fingerprint density at radius 2 is 1.65 bits per heavy atom. The van der Waals surface area contributed by atoms with Gasteiger partial charge < -0.3 is 11.5 Å². The third kappa shape index (κ3) is 2.99. The van der Waals surface area contributed by atoms with Crippen LogP contribution < -0.4 is 16.9 Å². The Kier molecular flexibility index (Phi) is 4.97. The first-order valence-electron chi connectivity index (χ1n) is 5.99. The number of benzene rings is 1. The van der Waals surface area contributed by atoms with Gasteiger partial charge in [0.1, 0.15) is 7.85 Å². The van der Waals surface area contributed by atoms with Gasteiger partial charge in [0.15, 0.2) is 0 Å². The largest absolute Gasteiger partial charge is 0.330 e. The molecule has 4 N–H and O–H groups in total. The maximum absolute atomic E-state index is 5.74. The van der Waals surface area contributed by atoms with Gasteiger partial charge in [-0.05, 0) is 38.4 Å². The molecule has 0 spiro atoms. The Bertz CT molecular complexity index is 364. The van der Waals surface area contributed by atoms with Crippen molar-refractivity contribution >= 4 is 13.3 Å². The predicted molar refractivity (Wildman–Crippen MR) is 75.7 cm³/mol. The average molecular weight is 228 g/mol. The van der Waals surface area contributed by atoms with Crippen molar-refractivity contribution in [3.05, 3.63) is 42.0 Å². The van der Waals surface area contributed by atoms with E-state index in [1.807, 2.05) is 19.1 Å². The molecule has 0 fully saturated rings. The molecule has 1 aromatic rings. The van der Waals surface area contributed by atoms with E-state index in [0.717, 1.165) is 23.9 Å². The maximum Gasteiger partial charge on any atom is 0.113 e. The first-order chi connectivity index (χ1) is 8.06. The van der Waals surface area contributed by atoms with Crippen LogP contribution in [0.3, 0.4) is 0 Å². The van der Waals surface area contributed by atoms with Gasteiger partial charge >= 0.3 is 0 Å². The lowest BCUT2D eigenvalue weighted by atomic mass is 9.70. The first-order valence-corrected chi connectivity index (χ1v) is 5.99. The molecule has 0 heterocycles. The van der Waals surface area contributed by atoms with Crippen LogP contribution in [0.5, 0.6) is 0 Å². The van der Waals surface area contributed by atoms with Crippen LogP contribution in [0.15, 0.2) is 36.4 Å². The van der Waals surface area contributed by atoms with Crippen LogP contribution in [-0.4, -0.2) is 20.9 Å². The second-order valence-corrected chi connectivity index (χ2v) is 4.56. The summed E-state index contributed by atoms with van der Waals surface area (Å²) < 4.78 is 0. The Labute approximate surface area is 105 Å². The zero-order chi connectivity index (χ0) is 12.9. The zero-order valence-corrected chi connectivity index (χ0v) is 10.6. The van der Waals surface area contributed by atoms with Crippen LogP contribution in [0, 0.1) is 0 Å². The van der Waals surface area contributed by atoms with Gasteiger partial charge in [-0.15, -0.1) is 0 Å². The fourth-order valence-corrected chi connectivity index (χ4v) is 2.38. The lowest BCUT2D eigenvalue weighted by Crippen LogP contribution is -2.33. The van der Waals surface area contributed by atoms with E-state index < -0.39 is 0 Å². The molecule has 0 amide bonds. The summed E-state index contributed by atoms with van der Waals surface area (Å²) in [4.78, 5) is 0. The fourth-order valence-electron chi connectivity index (χ4n) is 2.38. The Balaban J connectivity index is 3.19. The van der Waals surface area contributed by atoms with E-state index in [-0.39, 0.29) is 5.41 Å². The molecule has 0 bridgehead atoms. The lowest BCUT2D eigenvalue weighted by molar-refractivity contribution is 0.440. The number of rotatable bonds is 6. The topological polar surface area (TPSA) is 52.0 Å². The SMILES string of the molecule is [B]c1ccc(C(CCN)(CCN)C(=C)C)cc1. The van der Waals surface area contributed by atoms with E-state index in [9.17, 15) is 0 Å². The predicted octanol–water partition coefficient (Wildman–Crippen LogP) is 0.992. The maximum atomic E-state index is 5.74. The quantitative estimate of drug-likeness (QED) is 0.563. The molecule has 0 aliphatic carbocycles. The summed E-state index contributed by atoms with van der Waals surface area (Å²) in [6.07, 6.45) is 1.73. The summed E-state index contributed by atoms with van der Waals surface area (Å²) in [6, 6.07) is 7.94. The van der Waals surface area contributed by atoms with Gasteiger partial charge in [-0.2, -0.15) is 0 Å². The molecule has 0 aliphatic rings. The Morgan fingerprint density at radius 1 is 1.18 bits per heavy atom. The lowest BCUT2D eigenvalue weighted by Gasteiger charge is -2.35. The standard InChI is InChI=1S/C14H21BN2/c1-11(2)14(7-9-16,8-10-17)12-3-5-13(15)6-4-12/h3-6H,1,7-10,16-17H2,2H3. The zero-order valence-electron chi connectivity index (χ0n) is 10.6. The van der Waals surface area contributed by atoms with Crippen LogP contribution in [0.2, 0.25) is 0 Å². The molecular weight excluding hydrogens is 207 g/mol. The Morgan fingerprint density at radius 3 is 2.00 bits per heavy atom. The highest BCUT2D eigenvalue weighted by Crippen LogP contribution is 2.37. The van der Waals surface area contributed by atoms with Gasteiger partial charge in [0.05, 0.1) is 0 Å². The molecule has 2 radical (unpaired) electrons. The van der Waals surface area contributed by atoms with Gasteiger partial charge in [0.25, 0.3) is 0 Å². The van der Waals surface area contributed by atoms with Crippen molar-refractivity contribution in [1.29, 1.82) is 0 Å². The number of hydrogen-bond acceptors (Lipinski definition) is 2. The molecule has 3 heteroatoms. The van der Waals surface area contributed by atoms with E-state index in [4.69, 9.17) is 19.3 Å². The highest BCUT2D eigenvalue weighted by atomic mass is 14.6. The van der Waals surface area contributed by atoms with Gasteiger partial charge in [-0.1, -0.05) is 41.9 Å². The molecule has 0 atom stereocenters. The van der Waals surface area contributed by atoms with E-state index in [0.29, 0.717) is 13.1 Å². The highest BCUT2D eigenvalue weighted by molar-refractivity contribution is 6.32. The average Bonchev–Trinajstić information content (AvgIpc) is 2.29. The van der Waals surface area contributed by atoms with Crippen molar-refractivity contribution in [2.75, 3.05) is 13.1 Å². The minimum Gasteiger partial charge on any atom is -0.330 e. The smallest absolute Gasteiger partial charge is 0.113 e. The molecule has 0 aromatic heterocycles. The monoisotopic (exact) mass is 228 g/mol. The minimum absolute atomic E-state index is 0.114. The summed E-state index contributed by atoms with van der Waals surface area (Å²) in [5.41, 5.74) is 14.5. The summed E-state index contributed by atoms with van der Waals surface area (Å²) in [5, 5.41) is 0. The number of allylic oxidation sites excluding steroid dienone is 1. The van der Waals surface area contributed by atoms with E-state index in [1.54, 1.807) is 0 Å². The van der Waals surface area contributed by atoms with Gasteiger partial charge in [0, 0.05) is 5.41 Å².